The zero-order valence-corrected chi connectivity index (χ0v) is 23.8. The maximum absolute atomic E-state index is 13.4. The number of piperidine rings is 1. The molecule has 0 radical (unpaired) electrons. The highest BCUT2D eigenvalue weighted by Gasteiger charge is 2.40. The van der Waals surface area contributed by atoms with Crippen LogP contribution in [0.15, 0.2) is 48.5 Å². The summed E-state index contributed by atoms with van der Waals surface area (Å²) >= 11 is 12.7. The zero-order chi connectivity index (χ0) is 26.7. The molecule has 0 unspecified atom stereocenters. The lowest BCUT2D eigenvalue weighted by Gasteiger charge is -2.49. The van der Waals surface area contributed by atoms with Crippen LogP contribution in [-0.4, -0.2) is 96.4 Å². The first kappa shape index (κ1) is 27.4. The van der Waals surface area contributed by atoms with Gasteiger partial charge in [-0.15, -0.1) is 0 Å². The highest BCUT2D eigenvalue weighted by molar-refractivity contribution is 6.42. The summed E-state index contributed by atoms with van der Waals surface area (Å²) in [7, 11) is 0. The molecule has 204 valence electrons. The molecule has 2 aromatic rings. The molecule has 38 heavy (non-hydrogen) atoms. The molecule has 3 heterocycles. The molecule has 0 aromatic heterocycles. The molecule has 1 atom stereocenters. The van der Waals surface area contributed by atoms with Gasteiger partial charge < -0.3 is 14.7 Å². The van der Waals surface area contributed by atoms with Gasteiger partial charge in [-0.3, -0.25) is 14.5 Å². The van der Waals surface area contributed by atoms with E-state index in [4.69, 9.17) is 23.2 Å². The molecule has 8 heteroatoms. The van der Waals surface area contributed by atoms with Gasteiger partial charge in [-0.2, -0.15) is 0 Å². The number of amides is 2. The Balaban J connectivity index is 1.21. The number of carbonyl (C=O) groups excluding carboxylic acids is 2. The second kappa shape index (κ2) is 12.0. The standard InChI is InChI=1S/C30H38Cl2N4O2/c1-23(37)34-15-17-35(18-16-34)26-20-33(21-26)13-5-11-30(25-9-10-27(31)28(32)19-25)12-6-14-36(22-30)29(38)24-7-3-2-4-8-24/h2-4,7-10,19,26H,5-6,11-18,20-22H2,1H3/t30-/m0/s1. The maximum Gasteiger partial charge on any atom is 0.253 e. The summed E-state index contributed by atoms with van der Waals surface area (Å²) in [5.41, 5.74) is 1.79. The Hall–Kier alpha value is -2.12. The molecule has 0 spiro atoms. The van der Waals surface area contributed by atoms with Gasteiger partial charge in [0.15, 0.2) is 0 Å². The second-order valence-corrected chi connectivity index (χ2v) is 12.0. The molecule has 0 aliphatic carbocycles. The Labute approximate surface area is 236 Å². The third-order valence-corrected chi connectivity index (χ3v) is 9.50. The van der Waals surface area contributed by atoms with Crippen LogP contribution in [0.5, 0.6) is 0 Å². The summed E-state index contributed by atoms with van der Waals surface area (Å²) < 4.78 is 0. The molecule has 2 aromatic carbocycles. The average Bonchev–Trinajstić information content (AvgIpc) is 2.91. The van der Waals surface area contributed by atoms with Crippen LogP contribution in [0.1, 0.15) is 48.5 Å². The number of nitrogens with zero attached hydrogens (tertiary/aromatic N) is 4. The van der Waals surface area contributed by atoms with E-state index in [1.165, 1.54) is 5.56 Å². The quantitative estimate of drug-likeness (QED) is 0.491. The van der Waals surface area contributed by atoms with E-state index in [-0.39, 0.29) is 17.2 Å². The number of hydrogen-bond donors (Lipinski definition) is 0. The van der Waals surface area contributed by atoms with E-state index in [9.17, 15) is 9.59 Å². The van der Waals surface area contributed by atoms with Crippen LogP contribution in [-0.2, 0) is 10.2 Å². The summed E-state index contributed by atoms with van der Waals surface area (Å²) in [6.45, 7) is 10.0. The van der Waals surface area contributed by atoms with Crippen molar-refractivity contribution < 1.29 is 9.59 Å². The smallest absolute Gasteiger partial charge is 0.253 e. The van der Waals surface area contributed by atoms with Crippen molar-refractivity contribution in [2.45, 2.75) is 44.1 Å². The summed E-state index contributed by atoms with van der Waals surface area (Å²) in [6, 6.07) is 16.2. The molecule has 2 amide bonds. The van der Waals surface area contributed by atoms with Crippen molar-refractivity contribution in [1.82, 2.24) is 19.6 Å². The summed E-state index contributed by atoms with van der Waals surface area (Å²) in [5, 5.41) is 1.14. The Morgan fingerprint density at radius 1 is 0.921 bits per heavy atom. The number of halogens is 2. The van der Waals surface area contributed by atoms with Crippen LogP contribution in [0.3, 0.4) is 0 Å². The first-order chi connectivity index (χ1) is 18.3. The zero-order valence-electron chi connectivity index (χ0n) is 22.2. The van der Waals surface area contributed by atoms with Gasteiger partial charge in [0.1, 0.15) is 0 Å². The van der Waals surface area contributed by atoms with Crippen molar-refractivity contribution in [3.8, 4) is 0 Å². The molecular formula is C30H38Cl2N4O2. The Morgan fingerprint density at radius 2 is 1.66 bits per heavy atom. The van der Waals surface area contributed by atoms with Crippen molar-refractivity contribution in [3.63, 3.8) is 0 Å². The van der Waals surface area contributed by atoms with Gasteiger partial charge in [0.25, 0.3) is 5.91 Å². The largest absolute Gasteiger partial charge is 0.340 e. The van der Waals surface area contributed by atoms with Crippen LogP contribution < -0.4 is 0 Å². The fourth-order valence-corrected chi connectivity index (χ4v) is 6.78. The van der Waals surface area contributed by atoms with E-state index >= 15 is 0 Å². The molecule has 3 aliphatic heterocycles. The van der Waals surface area contributed by atoms with Gasteiger partial charge in [-0.1, -0.05) is 47.5 Å². The average molecular weight is 558 g/mol. The first-order valence-electron chi connectivity index (χ1n) is 13.9. The molecule has 6 nitrogen and oxygen atoms in total. The Kier molecular flexibility index (Phi) is 8.63. The van der Waals surface area contributed by atoms with E-state index in [0.29, 0.717) is 22.6 Å². The van der Waals surface area contributed by atoms with Gasteiger partial charge >= 0.3 is 0 Å². The van der Waals surface area contributed by atoms with Crippen LogP contribution >= 0.6 is 23.2 Å². The number of hydrogen-bond acceptors (Lipinski definition) is 4. The summed E-state index contributed by atoms with van der Waals surface area (Å²) in [4.78, 5) is 34.0. The summed E-state index contributed by atoms with van der Waals surface area (Å²) in [6.07, 6.45) is 4.07. The van der Waals surface area contributed by atoms with Gasteiger partial charge in [0, 0.05) is 76.3 Å². The SMILES string of the molecule is CC(=O)N1CCN(C2CN(CCC[C@]3(c4ccc(Cl)c(Cl)c4)CCCN(C(=O)c4ccccc4)C3)C2)CC1. The number of piperazine rings is 1. The molecular weight excluding hydrogens is 519 g/mol. The minimum absolute atomic E-state index is 0.102. The summed E-state index contributed by atoms with van der Waals surface area (Å²) in [5.74, 6) is 0.285. The second-order valence-electron chi connectivity index (χ2n) is 11.2. The van der Waals surface area contributed by atoms with Crippen molar-refractivity contribution in [2.24, 2.45) is 0 Å². The van der Waals surface area contributed by atoms with Crippen LogP contribution in [0.2, 0.25) is 10.0 Å². The fourth-order valence-electron chi connectivity index (χ4n) is 6.48. The lowest BCUT2D eigenvalue weighted by Crippen LogP contribution is -2.63. The molecule has 0 bridgehead atoms. The lowest BCUT2D eigenvalue weighted by atomic mass is 9.70. The predicted octanol–water partition coefficient (Wildman–Crippen LogP) is 4.80. The van der Waals surface area contributed by atoms with Gasteiger partial charge in [-0.05, 0) is 62.1 Å². The molecule has 3 fully saturated rings. The highest BCUT2D eigenvalue weighted by atomic mass is 35.5. The minimum Gasteiger partial charge on any atom is -0.340 e. The molecule has 0 saturated carbocycles. The number of likely N-dealkylation sites (tertiary alicyclic amines) is 2. The third kappa shape index (κ3) is 6.04. The van der Waals surface area contributed by atoms with Gasteiger partial charge in [-0.25, -0.2) is 0 Å². The van der Waals surface area contributed by atoms with E-state index < -0.39 is 0 Å². The monoisotopic (exact) mass is 556 g/mol. The Morgan fingerprint density at radius 3 is 2.34 bits per heavy atom. The van der Waals surface area contributed by atoms with Crippen LogP contribution in [0.25, 0.3) is 0 Å². The van der Waals surface area contributed by atoms with Crippen LogP contribution in [0.4, 0.5) is 0 Å². The first-order valence-corrected chi connectivity index (χ1v) is 14.6. The molecule has 0 N–H and O–H groups in total. The highest BCUT2D eigenvalue weighted by Crippen LogP contribution is 2.41. The maximum atomic E-state index is 13.4. The number of rotatable bonds is 7. The van der Waals surface area contributed by atoms with Crippen molar-refractivity contribution in [2.75, 3.05) is 58.9 Å². The molecule has 3 saturated heterocycles. The van der Waals surface area contributed by atoms with E-state index in [0.717, 1.165) is 83.6 Å². The van der Waals surface area contributed by atoms with Gasteiger partial charge in [0.05, 0.1) is 10.0 Å². The van der Waals surface area contributed by atoms with Crippen molar-refractivity contribution >= 4 is 35.0 Å². The van der Waals surface area contributed by atoms with E-state index in [1.807, 2.05) is 52.3 Å². The minimum atomic E-state index is -0.135. The normalized spacial score (nSPS) is 23.3. The van der Waals surface area contributed by atoms with E-state index in [2.05, 4.69) is 15.9 Å². The van der Waals surface area contributed by atoms with Crippen molar-refractivity contribution in [3.05, 3.63) is 69.7 Å². The van der Waals surface area contributed by atoms with E-state index in [1.54, 1.807) is 6.92 Å². The predicted molar refractivity (Wildman–Crippen MR) is 153 cm³/mol. The van der Waals surface area contributed by atoms with Gasteiger partial charge in [0.2, 0.25) is 5.91 Å². The Bertz CT molecular complexity index is 1130. The topological polar surface area (TPSA) is 47.1 Å². The van der Waals surface area contributed by atoms with Crippen molar-refractivity contribution in [1.29, 1.82) is 0 Å². The number of benzene rings is 2. The lowest BCUT2D eigenvalue weighted by molar-refractivity contribution is -0.131. The molecule has 3 aliphatic rings. The van der Waals surface area contributed by atoms with Crippen LogP contribution in [0, 0.1) is 0 Å². The number of carbonyl (C=O) groups is 2. The fraction of sp³-hybridized carbons (Fsp3) is 0.533. The molecule has 5 rings (SSSR count). The third-order valence-electron chi connectivity index (χ3n) is 8.76.